The van der Waals surface area contributed by atoms with Gasteiger partial charge in [0.15, 0.2) is 17.3 Å². The van der Waals surface area contributed by atoms with E-state index in [0.29, 0.717) is 23.1 Å². The fourth-order valence-electron chi connectivity index (χ4n) is 2.36. The average molecular weight is 394 g/mol. The van der Waals surface area contributed by atoms with Crippen LogP contribution in [0.3, 0.4) is 0 Å². The minimum atomic E-state index is -4.94. The molecule has 0 heterocycles. The number of rotatable bonds is 4. The van der Waals surface area contributed by atoms with E-state index in [4.69, 9.17) is 6.57 Å². The van der Waals surface area contributed by atoms with Crippen LogP contribution in [-0.4, -0.2) is 12.7 Å². The summed E-state index contributed by atoms with van der Waals surface area (Å²) in [5.41, 5.74) is -2.67. The molecule has 10 heteroatoms. The first-order valence-electron chi connectivity index (χ1n) is 7.25. The van der Waals surface area contributed by atoms with Crippen molar-refractivity contribution in [3.63, 3.8) is 0 Å². The Hall–Kier alpha value is -2.83. The Balaban J connectivity index is 2.48. The number of halogens is 8. The molecule has 0 aromatic heterocycles. The average Bonchev–Trinajstić information content (AvgIpc) is 2.55. The summed E-state index contributed by atoms with van der Waals surface area (Å²) in [7, 11) is 0. The molecule has 0 aliphatic rings. The summed E-state index contributed by atoms with van der Waals surface area (Å²) in [6.07, 6.45) is -9.71. The van der Waals surface area contributed by atoms with E-state index in [1.807, 2.05) is 0 Å². The lowest BCUT2D eigenvalue weighted by molar-refractivity contribution is -0.136. The van der Waals surface area contributed by atoms with Crippen LogP contribution in [0.2, 0.25) is 0 Å². The highest BCUT2D eigenvalue weighted by Gasteiger charge is 2.35. The first-order valence-corrected chi connectivity index (χ1v) is 7.25. The lowest BCUT2D eigenvalue weighted by Crippen LogP contribution is -2.34. The Morgan fingerprint density at radius 3 is 2.07 bits per heavy atom. The molecule has 0 amide bonds. The number of hydrogen-bond acceptors (Lipinski definition) is 1. The quantitative estimate of drug-likeness (QED) is 0.449. The standard InChI is InChI=1S/C17H10F8N2/c1-26-15-5-3-11(7-12(15)17(23,24)25)27(9-16(20,21)22)8-10-2-4-13(18)14(19)6-10/h2-7H,8-9H2. The van der Waals surface area contributed by atoms with Crippen LogP contribution in [0.5, 0.6) is 0 Å². The SMILES string of the molecule is [C-]#[N+]c1ccc(N(Cc2ccc(F)c(F)c2)CC(F)(F)F)cc1C(F)(F)F. The van der Waals surface area contributed by atoms with Crippen molar-refractivity contribution < 1.29 is 35.1 Å². The van der Waals surface area contributed by atoms with Gasteiger partial charge in [-0.2, -0.15) is 26.3 Å². The van der Waals surface area contributed by atoms with Gasteiger partial charge in [0.25, 0.3) is 0 Å². The van der Waals surface area contributed by atoms with Gasteiger partial charge in [-0.3, -0.25) is 0 Å². The number of anilines is 1. The molecule has 2 nitrogen and oxygen atoms in total. The second-order valence-corrected chi connectivity index (χ2v) is 5.53. The molecule has 144 valence electrons. The maximum Gasteiger partial charge on any atom is 0.407 e. The van der Waals surface area contributed by atoms with Crippen LogP contribution in [-0.2, 0) is 12.7 Å². The number of benzene rings is 2. The minimum absolute atomic E-state index is 0.0686. The van der Waals surface area contributed by atoms with Crippen molar-refractivity contribution in [3.8, 4) is 0 Å². The molecule has 2 aromatic rings. The van der Waals surface area contributed by atoms with Gasteiger partial charge in [-0.05, 0) is 29.8 Å². The lowest BCUT2D eigenvalue weighted by Gasteiger charge is -2.27. The molecule has 2 rings (SSSR count). The van der Waals surface area contributed by atoms with Gasteiger partial charge in [-0.1, -0.05) is 12.1 Å². The Labute approximate surface area is 148 Å². The smallest absolute Gasteiger partial charge is 0.358 e. The zero-order chi connectivity index (χ0) is 20.4. The van der Waals surface area contributed by atoms with E-state index in [0.717, 1.165) is 18.2 Å². The molecule has 0 aliphatic carbocycles. The van der Waals surface area contributed by atoms with Crippen molar-refractivity contribution in [1.82, 2.24) is 0 Å². The van der Waals surface area contributed by atoms with Gasteiger partial charge in [0.2, 0.25) is 0 Å². The van der Waals surface area contributed by atoms with Crippen LogP contribution >= 0.6 is 0 Å². The number of alkyl halides is 6. The second kappa shape index (κ2) is 7.42. The van der Waals surface area contributed by atoms with E-state index >= 15 is 0 Å². The summed E-state index contributed by atoms with van der Waals surface area (Å²) < 4.78 is 104. The van der Waals surface area contributed by atoms with Crippen molar-refractivity contribution in [2.45, 2.75) is 18.9 Å². The van der Waals surface area contributed by atoms with Gasteiger partial charge in [0, 0.05) is 12.2 Å². The van der Waals surface area contributed by atoms with E-state index in [-0.39, 0.29) is 5.56 Å². The normalized spacial score (nSPS) is 12.0. The van der Waals surface area contributed by atoms with Crippen molar-refractivity contribution in [2.24, 2.45) is 0 Å². The summed E-state index contributed by atoms with van der Waals surface area (Å²) >= 11 is 0. The van der Waals surface area contributed by atoms with Crippen molar-refractivity contribution in [2.75, 3.05) is 11.4 Å². The summed E-state index contributed by atoms with van der Waals surface area (Å²) in [5.74, 6) is -2.50. The highest BCUT2D eigenvalue weighted by molar-refractivity contribution is 5.62. The zero-order valence-corrected chi connectivity index (χ0v) is 13.3. The molecular formula is C17H10F8N2. The number of nitrogens with zero attached hydrogens (tertiary/aromatic N) is 2. The van der Waals surface area contributed by atoms with Crippen molar-refractivity contribution in [1.29, 1.82) is 0 Å². The third kappa shape index (κ3) is 5.32. The molecule has 2 aromatic carbocycles. The molecule has 0 unspecified atom stereocenters. The monoisotopic (exact) mass is 394 g/mol. The highest BCUT2D eigenvalue weighted by Crippen LogP contribution is 2.39. The van der Waals surface area contributed by atoms with Crippen LogP contribution in [0.25, 0.3) is 4.85 Å². The van der Waals surface area contributed by atoms with Gasteiger partial charge < -0.3 is 4.90 Å². The lowest BCUT2D eigenvalue weighted by atomic mass is 10.1. The summed E-state index contributed by atoms with van der Waals surface area (Å²) in [6.45, 7) is 4.52. The first-order chi connectivity index (χ1) is 12.4. The molecule has 0 atom stereocenters. The molecule has 0 bridgehead atoms. The predicted molar refractivity (Wildman–Crippen MR) is 81.2 cm³/mol. The second-order valence-electron chi connectivity index (χ2n) is 5.53. The van der Waals surface area contributed by atoms with Crippen LogP contribution in [0.15, 0.2) is 36.4 Å². The van der Waals surface area contributed by atoms with E-state index in [2.05, 4.69) is 4.85 Å². The maximum atomic E-state index is 13.3. The zero-order valence-electron chi connectivity index (χ0n) is 13.3. The van der Waals surface area contributed by atoms with Gasteiger partial charge in [-0.25, -0.2) is 13.6 Å². The van der Waals surface area contributed by atoms with E-state index < -0.39 is 54.0 Å². The minimum Gasteiger partial charge on any atom is -0.358 e. The fraction of sp³-hybridized carbons (Fsp3) is 0.235. The van der Waals surface area contributed by atoms with Crippen LogP contribution in [0, 0.1) is 18.2 Å². The predicted octanol–water partition coefficient (Wildman–Crippen LogP) is 6.10. The summed E-state index contributed by atoms with van der Waals surface area (Å²) in [4.78, 5) is 3.25. The molecule has 0 aliphatic heterocycles. The maximum absolute atomic E-state index is 13.3. The topological polar surface area (TPSA) is 7.60 Å². The van der Waals surface area contributed by atoms with Gasteiger partial charge in [0.1, 0.15) is 6.54 Å². The van der Waals surface area contributed by atoms with E-state index in [1.54, 1.807) is 0 Å². The molecule has 0 saturated carbocycles. The van der Waals surface area contributed by atoms with Crippen LogP contribution in [0.1, 0.15) is 11.1 Å². The van der Waals surface area contributed by atoms with E-state index in [1.165, 1.54) is 0 Å². The Bertz CT molecular complexity index is 865. The van der Waals surface area contributed by atoms with E-state index in [9.17, 15) is 35.1 Å². The van der Waals surface area contributed by atoms with Gasteiger partial charge >= 0.3 is 12.4 Å². The molecule has 0 radical (unpaired) electrons. The van der Waals surface area contributed by atoms with Gasteiger partial charge in [-0.15, -0.1) is 0 Å². The van der Waals surface area contributed by atoms with Gasteiger partial charge in [0.05, 0.1) is 12.1 Å². The first kappa shape index (κ1) is 20.5. The Morgan fingerprint density at radius 1 is 0.889 bits per heavy atom. The summed E-state index contributed by atoms with van der Waals surface area (Å²) in [5, 5.41) is 0. The Kier molecular flexibility index (Phi) is 5.63. The van der Waals surface area contributed by atoms with Crippen LogP contribution in [0.4, 0.5) is 46.5 Å². The third-order valence-electron chi connectivity index (χ3n) is 3.50. The fourth-order valence-corrected chi connectivity index (χ4v) is 2.36. The van der Waals surface area contributed by atoms with Crippen molar-refractivity contribution in [3.05, 3.63) is 70.6 Å². The molecule has 0 N–H and O–H groups in total. The molecule has 0 spiro atoms. The molecule has 27 heavy (non-hydrogen) atoms. The third-order valence-corrected chi connectivity index (χ3v) is 3.50. The molecule has 0 fully saturated rings. The number of hydrogen-bond donors (Lipinski definition) is 0. The summed E-state index contributed by atoms with van der Waals surface area (Å²) in [6, 6.07) is 4.53. The highest BCUT2D eigenvalue weighted by atomic mass is 19.4. The molecule has 0 saturated heterocycles. The van der Waals surface area contributed by atoms with Crippen LogP contribution < -0.4 is 4.90 Å². The Morgan fingerprint density at radius 2 is 1.56 bits per heavy atom. The largest absolute Gasteiger partial charge is 0.407 e. The molecular weight excluding hydrogens is 384 g/mol. The van der Waals surface area contributed by atoms with Crippen molar-refractivity contribution >= 4 is 11.4 Å².